The van der Waals surface area contributed by atoms with E-state index < -0.39 is 15.9 Å². The minimum absolute atomic E-state index is 0.0169. The Bertz CT molecular complexity index is 688. The lowest BCUT2D eigenvalue weighted by Crippen LogP contribution is -2.38. The fourth-order valence-corrected chi connectivity index (χ4v) is 4.57. The molecule has 1 saturated carbocycles. The number of amides is 1. The Balaban J connectivity index is 1.70. The van der Waals surface area contributed by atoms with Gasteiger partial charge in [-0.3, -0.25) is 4.79 Å². The van der Waals surface area contributed by atoms with Gasteiger partial charge in [0.1, 0.15) is 10.7 Å². The molecule has 0 radical (unpaired) electrons. The third-order valence-electron chi connectivity index (χ3n) is 4.50. The smallest absolute Gasteiger partial charge is 0.287 e. The number of rotatable bonds is 6. The molecular formula is C15H23N3O4S. The van der Waals surface area contributed by atoms with E-state index in [1.54, 1.807) is 6.92 Å². The van der Waals surface area contributed by atoms with E-state index in [4.69, 9.17) is 10.2 Å². The summed E-state index contributed by atoms with van der Waals surface area (Å²) in [5, 5.41) is 2.72. The van der Waals surface area contributed by atoms with Crippen LogP contribution in [0.4, 0.5) is 0 Å². The second kappa shape index (κ2) is 6.26. The van der Waals surface area contributed by atoms with Crippen molar-refractivity contribution < 1.29 is 17.6 Å². The van der Waals surface area contributed by atoms with Crippen molar-refractivity contribution in [1.82, 2.24) is 9.62 Å². The predicted octanol–water partition coefficient (Wildman–Crippen LogP) is 0.840. The second-order valence-corrected chi connectivity index (χ2v) is 8.26. The normalized spacial score (nSPS) is 20.6. The van der Waals surface area contributed by atoms with Crippen LogP contribution in [-0.4, -0.2) is 44.3 Å². The van der Waals surface area contributed by atoms with Crippen LogP contribution in [-0.2, 0) is 10.0 Å². The van der Waals surface area contributed by atoms with Gasteiger partial charge in [-0.25, -0.2) is 8.42 Å². The highest BCUT2D eigenvalue weighted by Gasteiger charge is 2.32. The molecule has 1 saturated heterocycles. The van der Waals surface area contributed by atoms with Crippen LogP contribution >= 0.6 is 0 Å². The lowest BCUT2D eigenvalue weighted by molar-refractivity contribution is 0.0921. The molecule has 23 heavy (non-hydrogen) atoms. The van der Waals surface area contributed by atoms with Crippen molar-refractivity contribution in [2.24, 2.45) is 11.7 Å². The van der Waals surface area contributed by atoms with Crippen LogP contribution in [0.5, 0.6) is 0 Å². The maximum Gasteiger partial charge on any atom is 0.287 e. The van der Waals surface area contributed by atoms with E-state index in [9.17, 15) is 13.2 Å². The highest BCUT2D eigenvalue weighted by atomic mass is 32.2. The summed E-state index contributed by atoms with van der Waals surface area (Å²) in [6.45, 7) is 2.97. The van der Waals surface area contributed by atoms with E-state index in [-0.39, 0.29) is 22.5 Å². The average molecular weight is 341 g/mol. The lowest BCUT2D eigenvalue weighted by atomic mass is 10.2. The molecule has 2 fully saturated rings. The molecule has 1 aliphatic heterocycles. The molecule has 1 unspecified atom stereocenters. The molecule has 1 amide bonds. The number of carbonyl (C=O) groups is 1. The van der Waals surface area contributed by atoms with Crippen molar-refractivity contribution in [3.63, 3.8) is 0 Å². The number of furan rings is 1. The van der Waals surface area contributed by atoms with Gasteiger partial charge in [-0.1, -0.05) is 0 Å². The summed E-state index contributed by atoms with van der Waals surface area (Å²) in [4.78, 5) is 12.2. The van der Waals surface area contributed by atoms with Gasteiger partial charge in [0, 0.05) is 31.7 Å². The SMILES string of the molecule is Cc1oc(C(=O)NCC(N)C2CC2)cc1S(=O)(=O)N1CCCC1. The molecule has 1 aliphatic carbocycles. The third kappa shape index (κ3) is 3.44. The van der Waals surface area contributed by atoms with Crippen LogP contribution in [0.25, 0.3) is 0 Å². The van der Waals surface area contributed by atoms with E-state index >= 15 is 0 Å². The van der Waals surface area contributed by atoms with Crippen LogP contribution < -0.4 is 11.1 Å². The highest BCUT2D eigenvalue weighted by Crippen LogP contribution is 2.31. The molecule has 7 nitrogen and oxygen atoms in total. The first-order chi connectivity index (χ1) is 10.9. The molecular weight excluding hydrogens is 318 g/mol. The van der Waals surface area contributed by atoms with Crippen molar-refractivity contribution in [1.29, 1.82) is 0 Å². The molecule has 1 aromatic rings. The fraction of sp³-hybridized carbons (Fsp3) is 0.667. The molecule has 0 spiro atoms. The number of nitrogens with one attached hydrogen (secondary N) is 1. The van der Waals surface area contributed by atoms with Crippen LogP contribution in [0, 0.1) is 12.8 Å². The summed E-state index contributed by atoms with van der Waals surface area (Å²) >= 11 is 0. The van der Waals surface area contributed by atoms with Gasteiger partial charge in [0.25, 0.3) is 5.91 Å². The van der Waals surface area contributed by atoms with Gasteiger partial charge >= 0.3 is 0 Å². The molecule has 3 N–H and O–H groups in total. The van der Waals surface area contributed by atoms with Crippen LogP contribution in [0.1, 0.15) is 42.0 Å². The Hall–Kier alpha value is -1.38. The topological polar surface area (TPSA) is 106 Å². The van der Waals surface area contributed by atoms with Crippen molar-refractivity contribution in [3.05, 3.63) is 17.6 Å². The number of aryl methyl sites for hydroxylation is 1. The van der Waals surface area contributed by atoms with Gasteiger partial charge in [0.05, 0.1) is 0 Å². The number of hydrogen-bond donors (Lipinski definition) is 2. The molecule has 0 bridgehead atoms. The third-order valence-corrected chi connectivity index (χ3v) is 6.51. The van der Waals surface area contributed by atoms with Gasteiger partial charge in [-0.2, -0.15) is 4.31 Å². The zero-order valence-electron chi connectivity index (χ0n) is 13.2. The summed E-state index contributed by atoms with van der Waals surface area (Å²) in [6.07, 6.45) is 3.94. The quantitative estimate of drug-likeness (QED) is 0.797. The van der Waals surface area contributed by atoms with Crippen LogP contribution in [0.2, 0.25) is 0 Å². The molecule has 128 valence electrons. The van der Waals surface area contributed by atoms with Crippen molar-refractivity contribution in [3.8, 4) is 0 Å². The first-order valence-electron chi connectivity index (χ1n) is 8.04. The lowest BCUT2D eigenvalue weighted by Gasteiger charge is -2.14. The van der Waals surface area contributed by atoms with E-state index in [1.165, 1.54) is 10.4 Å². The fourth-order valence-electron chi connectivity index (χ4n) is 2.89. The molecule has 1 atom stereocenters. The molecule has 2 aliphatic rings. The number of nitrogens with zero attached hydrogens (tertiary/aromatic N) is 1. The monoisotopic (exact) mass is 341 g/mol. The molecule has 3 rings (SSSR count). The van der Waals surface area contributed by atoms with E-state index in [2.05, 4.69) is 5.32 Å². The largest absolute Gasteiger partial charge is 0.455 e. The van der Waals surface area contributed by atoms with Crippen molar-refractivity contribution in [2.45, 2.75) is 43.5 Å². The van der Waals surface area contributed by atoms with Crippen LogP contribution in [0.15, 0.2) is 15.4 Å². The van der Waals surface area contributed by atoms with Crippen molar-refractivity contribution >= 4 is 15.9 Å². The molecule has 8 heteroatoms. The minimum Gasteiger partial charge on any atom is -0.455 e. The summed E-state index contributed by atoms with van der Waals surface area (Å²) in [5.41, 5.74) is 5.94. The Morgan fingerprint density at radius 1 is 1.43 bits per heavy atom. The number of sulfonamides is 1. The number of nitrogens with two attached hydrogens (primary N) is 1. The van der Waals surface area contributed by atoms with Gasteiger partial charge in [-0.15, -0.1) is 0 Å². The zero-order chi connectivity index (χ0) is 16.6. The van der Waals surface area contributed by atoms with E-state index in [0.29, 0.717) is 25.6 Å². The summed E-state index contributed by atoms with van der Waals surface area (Å²) < 4.78 is 32.0. The molecule has 1 aromatic heterocycles. The summed E-state index contributed by atoms with van der Waals surface area (Å²) in [7, 11) is -3.58. The van der Waals surface area contributed by atoms with Gasteiger partial charge < -0.3 is 15.5 Å². The van der Waals surface area contributed by atoms with Gasteiger partial charge in [0.15, 0.2) is 5.76 Å². The highest BCUT2D eigenvalue weighted by molar-refractivity contribution is 7.89. The Kier molecular flexibility index (Phi) is 4.48. The Morgan fingerprint density at radius 2 is 2.09 bits per heavy atom. The summed E-state index contributed by atoms with van der Waals surface area (Å²) in [6, 6.07) is 1.27. The van der Waals surface area contributed by atoms with E-state index in [0.717, 1.165) is 25.7 Å². The second-order valence-electron chi connectivity index (χ2n) is 6.35. The summed E-state index contributed by atoms with van der Waals surface area (Å²) in [5.74, 6) is 0.323. The van der Waals surface area contributed by atoms with Gasteiger partial charge in [-0.05, 0) is 38.5 Å². The van der Waals surface area contributed by atoms with Gasteiger partial charge in [0.2, 0.25) is 10.0 Å². The average Bonchev–Trinajstić information content (AvgIpc) is 3.05. The first kappa shape index (κ1) is 16.5. The number of hydrogen-bond acceptors (Lipinski definition) is 5. The van der Waals surface area contributed by atoms with E-state index in [1.807, 2.05) is 0 Å². The first-order valence-corrected chi connectivity index (χ1v) is 9.48. The standard InChI is InChI=1S/C15H23N3O4S/c1-10-14(23(20,21)18-6-2-3-7-18)8-13(22-10)15(19)17-9-12(16)11-4-5-11/h8,11-12H,2-7,9,16H2,1H3,(H,17,19). The molecule has 2 heterocycles. The minimum atomic E-state index is -3.58. The predicted molar refractivity (Wildman–Crippen MR) is 84.5 cm³/mol. The van der Waals surface area contributed by atoms with Crippen molar-refractivity contribution in [2.75, 3.05) is 19.6 Å². The Morgan fingerprint density at radius 3 is 2.70 bits per heavy atom. The molecule has 0 aromatic carbocycles. The Labute approximate surface area is 136 Å². The maximum atomic E-state index is 12.6. The van der Waals surface area contributed by atoms with Crippen LogP contribution in [0.3, 0.4) is 0 Å². The number of carbonyl (C=O) groups excluding carboxylic acids is 1. The zero-order valence-corrected chi connectivity index (χ0v) is 14.1. The maximum absolute atomic E-state index is 12.6.